The average Bonchev–Trinajstić information content (AvgIpc) is 2.48. The molecular weight excluding hydrogens is 278 g/mol. The Labute approximate surface area is 131 Å². The van der Waals surface area contributed by atoms with E-state index in [0.717, 1.165) is 41.3 Å². The lowest BCUT2D eigenvalue weighted by Gasteiger charge is -2.37. The van der Waals surface area contributed by atoms with Crippen LogP contribution in [-0.4, -0.2) is 23.1 Å². The van der Waals surface area contributed by atoms with Gasteiger partial charge in [-0.3, -0.25) is 0 Å². The minimum Gasteiger partial charge on any atom is -0.389 e. The van der Waals surface area contributed by atoms with Crippen molar-refractivity contribution in [3.05, 3.63) is 35.9 Å². The molecule has 2 atom stereocenters. The highest BCUT2D eigenvalue weighted by molar-refractivity contribution is 7.80. The van der Waals surface area contributed by atoms with Crippen molar-refractivity contribution in [2.24, 2.45) is 17.6 Å². The van der Waals surface area contributed by atoms with Crippen LogP contribution in [0.25, 0.3) is 10.9 Å². The molecule has 3 nitrogen and oxygen atoms in total. The Morgan fingerprint density at radius 3 is 2.76 bits per heavy atom. The molecule has 1 aliphatic heterocycles. The van der Waals surface area contributed by atoms with Gasteiger partial charge in [-0.05, 0) is 30.4 Å². The van der Waals surface area contributed by atoms with E-state index in [9.17, 15) is 0 Å². The molecule has 1 aliphatic rings. The van der Waals surface area contributed by atoms with Crippen LogP contribution in [-0.2, 0) is 0 Å². The minimum atomic E-state index is 0.425. The number of hydrogen-bond donors (Lipinski definition) is 1. The third-order valence-corrected chi connectivity index (χ3v) is 4.82. The van der Waals surface area contributed by atoms with Gasteiger partial charge in [0.15, 0.2) is 0 Å². The van der Waals surface area contributed by atoms with Crippen LogP contribution in [0, 0.1) is 11.8 Å². The van der Waals surface area contributed by atoms with Crippen molar-refractivity contribution in [1.29, 1.82) is 0 Å². The van der Waals surface area contributed by atoms with Crippen LogP contribution in [0.2, 0.25) is 0 Å². The van der Waals surface area contributed by atoms with Crippen LogP contribution in [0.15, 0.2) is 30.3 Å². The number of aromatic nitrogens is 1. The topological polar surface area (TPSA) is 42.2 Å². The average molecular weight is 299 g/mol. The predicted molar refractivity (Wildman–Crippen MR) is 92.8 cm³/mol. The van der Waals surface area contributed by atoms with Crippen molar-refractivity contribution in [1.82, 2.24) is 4.98 Å². The van der Waals surface area contributed by atoms with E-state index < -0.39 is 0 Å². The molecule has 0 aliphatic carbocycles. The van der Waals surface area contributed by atoms with Crippen molar-refractivity contribution in [3.8, 4) is 0 Å². The molecule has 0 radical (unpaired) electrons. The van der Waals surface area contributed by atoms with Gasteiger partial charge in [0.25, 0.3) is 0 Å². The van der Waals surface area contributed by atoms with E-state index in [4.69, 9.17) is 22.9 Å². The maximum Gasteiger partial charge on any atom is 0.139 e. The van der Waals surface area contributed by atoms with Crippen LogP contribution in [0.1, 0.15) is 25.8 Å². The summed E-state index contributed by atoms with van der Waals surface area (Å²) in [5.41, 5.74) is 7.83. The zero-order valence-corrected chi connectivity index (χ0v) is 13.4. The maximum absolute atomic E-state index is 5.94. The zero-order valence-electron chi connectivity index (χ0n) is 12.5. The largest absolute Gasteiger partial charge is 0.389 e. The number of rotatable bonds is 2. The number of benzene rings is 1. The molecule has 3 rings (SSSR count). The van der Waals surface area contributed by atoms with Crippen molar-refractivity contribution in [2.45, 2.75) is 20.3 Å². The summed E-state index contributed by atoms with van der Waals surface area (Å²) < 4.78 is 0. The van der Waals surface area contributed by atoms with Crippen LogP contribution in [0.4, 0.5) is 5.82 Å². The fourth-order valence-corrected chi connectivity index (χ4v) is 3.13. The summed E-state index contributed by atoms with van der Waals surface area (Å²) in [6.07, 6.45) is 1.19. The summed E-state index contributed by atoms with van der Waals surface area (Å²) in [6.45, 7) is 6.66. The normalized spacial score (nSPS) is 22.5. The van der Waals surface area contributed by atoms with Gasteiger partial charge in [0.05, 0.1) is 11.1 Å². The molecule has 0 spiro atoms. The molecule has 0 saturated carbocycles. The first-order valence-corrected chi connectivity index (χ1v) is 7.91. The van der Waals surface area contributed by atoms with Gasteiger partial charge in [-0.1, -0.05) is 44.3 Å². The van der Waals surface area contributed by atoms with E-state index in [-0.39, 0.29) is 0 Å². The standard InChI is InChI=1S/C17H21N3S/c1-11-7-8-20(10-12(11)2)17-14(16(18)21)9-13-5-3-4-6-15(13)19-17/h3-6,9,11-12H,7-8,10H2,1-2H3,(H2,18,21). The second-order valence-corrected chi connectivity index (χ2v) is 6.55. The number of fused-ring (bicyclic) bond motifs is 1. The van der Waals surface area contributed by atoms with Crippen molar-refractivity contribution < 1.29 is 0 Å². The number of anilines is 1. The molecule has 2 N–H and O–H groups in total. The summed E-state index contributed by atoms with van der Waals surface area (Å²) in [5.74, 6) is 2.36. The Hall–Kier alpha value is -1.68. The summed E-state index contributed by atoms with van der Waals surface area (Å²) in [7, 11) is 0. The quantitative estimate of drug-likeness (QED) is 0.864. The van der Waals surface area contributed by atoms with E-state index in [1.54, 1.807) is 0 Å². The van der Waals surface area contributed by atoms with Crippen molar-refractivity contribution in [2.75, 3.05) is 18.0 Å². The van der Waals surface area contributed by atoms with E-state index in [0.29, 0.717) is 10.9 Å². The molecule has 1 aromatic heterocycles. The van der Waals surface area contributed by atoms with Gasteiger partial charge in [-0.2, -0.15) is 0 Å². The highest BCUT2D eigenvalue weighted by Gasteiger charge is 2.25. The molecule has 2 unspecified atom stereocenters. The lowest BCUT2D eigenvalue weighted by Crippen LogP contribution is -2.40. The van der Waals surface area contributed by atoms with Gasteiger partial charge in [-0.15, -0.1) is 0 Å². The number of nitrogens with zero attached hydrogens (tertiary/aromatic N) is 2. The van der Waals surface area contributed by atoms with Gasteiger partial charge < -0.3 is 10.6 Å². The number of para-hydroxylation sites is 1. The number of thiocarbonyl (C=S) groups is 1. The fraction of sp³-hybridized carbons (Fsp3) is 0.412. The Morgan fingerprint density at radius 2 is 2.05 bits per heavy atom. The van der Waals surface area contributed by atoms with Gasteiger partial charge in [-0.25, -0.2) is 4.98 Å². The Bertz CT molecular complexity index is 683. The monoisotopic (exact) mass is 299 g/mol. The van der Waals surface area contributed by atoms with E-state index >= 15 is 0 Å². The van der Waals surface area contributed by atoms with Crippen LogP contribution in [0.5, 0.6) is 0 Å². The number of hydrogen-bond acceptors (Lipinski definition) is 3. The second-order valence-electron chi connectivity index (χ2n) is 6.11. The van der Waals surface area contributed by atoms with Crippen LogP contribution >= 0.6 is 12.2 Å². The van der Waals surface area contributed by atoms with E-state index in [1.165, 1.54) is 6.42 Å². The molecule has 2 aromatic rings. The first-order valence-electron chi connectivity index (χ1n) is 7.51. The smallest absolute Gasteiger partial charge is 0.139 e. The number of pyridine rings is 1. The summed E-state index contributed by atoms with van der Waals surface area (Å²) in [5, 5.41) is 1.09. The Balaban J connectivity index is 2.07. The predicted octanol–water partition coefficient (Wildman–Crippen LogP) is 3.35. The summed E-state index contributed by atoms with van der Waals surface area (Å²) in [6, 6.07) is 10.2. The lowest BCUT2D eigenvalue weighted by molar-refractivity contribution is 0.323. The highest BCUT2D eigenvalue weighted by atomic mass is 32.1. The van der Waals surface area contributed by atoms with Crippen molar-refractivity contribution in [3.63, 3.8) is 0 Å². The SMILES string of the molecule is CC1CCN(c2nc3ccccc3cc2C(N)=S)CC1C. The first kappa shape index (κ1) is 14.3. The lowest BCUT2D eigenvalue weighted by atomic mass is 9.88. The zero-order chi connectivity index (χ0) is 15.0. The van der Waals surface area contributed by atoms with Gasteiger partial charge in [0, 0.05) is 18.5 Å². The molecular formula is C17H21N3S. The third kappa shape index (κ3) is 2.72. The molecule has 110 valence electrons. The van der Waals surface area contributed by atoms with E-state index in [1.807, 2.05) is 18.2 Å². The molecule has 0 amide bonds. The second kappa shape index (κ2) is 5.60. The molecule has 2 heterocycles. The first-order chi connectivity index (χ1) is 10.1. The molecule has 1 saturated heterocycles. The summed E-state index contributed by atoms with van der Waals surface area (Å²) >= 11 is 5.25. The Kier molecular flexibility index (Phi) is 3.81. The molecule has 1 aromatic carbocycles. The van der Waals surface area contributed by atoms with Gasteiger partial charge in [0.2, 0.25) is 0 Å². The molecule has 1 fully saturated rings. The third-order valence-electron chi connectivity index (χ3n) is 4.60. The van der Waals surface area contributed by atoms with Crippen LogP contribution < -0.4 is 10.6 Å². The van der Waals surface area contributed by atoms with Crippen molar-refractivity contribution >= 4 is 33.9 Å². The minimum absolute atomic E-state index is 0.425. The van der Waals surface area contributed by atoms with Crippen LogP contribution in [0.3, 0.4) is 0 Å². The summed E-state index contributed by atoms with van der Waals surface area (Å²) in [4.78, 5) is 7.60. The van der Waals surface area contributed by atoms with Gasteiger partial charge in [0.1, 0.15) is 10.8 Å². The maximum atomic E-state index is 5.94. The Morgan fingerprint density at radius 1 is 1.29 bits per heavy atom. The van der Waals surface area contributed by atoms with Gasteiger partial charge >= 0.3 is 0 Å². The molecule has 0 bridgehead atoms. The molecule has 21 heavy (non-hydrogen) atoms. The molecule has 4 heteroatoms. The highest BCUT2D eigenvalue weighted by Crippen LogP contribution is 2.30. The fourth-order valence-electron chi connectivity index (χ4n) is 2.98. The number of nitrogens with two attached hydrogens (primary N) is 1. The van der Waals surface area contributed by atoms with E-state index in [2.05, 4.69) is 30.9 Å². The number of piperidine rings is 1.